The van der Waals surface area contributed by atoms with Gasteiger partial charge in [-0.25, -0.2) is 0 Å². The quantitative estimate of drug-likeness (QED) is 0.637. The minimum Gasteiger partial charge on any atom is -0.380 e. The predicted octanol–water partition coefficient (Wildman–Crippen LogP) is 1.97. The molecule has 0 bridgehead atoms. The molecule has 2 nitrogen and oxygen atoms in total. The molecule has 1 fully saturated rings. The predicted molar refractivity (Wildman–Crippen MR) is 56.4 cm³/mol. The van der Waals surface area contributed by atoms with Gasteiger partial charge < -0.3 is 9.64 Å². The summed E-state index contributed by atoms with van der Waals surface area (Å²) in [7, 11) is 1.77. The number of nitrogens with zero attached hydrogens (tertiary/aromatic N) is 1. The molecule has 78 valence electrons. The van der Waals surface area contributed by atoms with E-state index >= 15 is 0 Å². The Morgan fingerprint density at radius 3 is 3.00 bits per heavy atom. The molecule has 0 aromatic carbocycles. The van der Waals surface area contributed by atoms with E-state index in [0.717, 1.165) is 18.3 Å². The van der Waals surface area contributed by atoms with E-state index in [1.165, 1.54) is 25.9 Å². The molecule has 0 amide bonds. The molecule has 0 saturated carbocycles. The zero-order chi connectivity index (χ0) is 9.68. The van der Waals surface area contributed by atoms with Gasteiger partial charge in [-0.3, -0.25) is 0 Å². The lowest BCUT2D eigenvalue weighted by Gasteiger charge is -2.19. The van der Waals surface area contributed by atoms with Crippen molar-refractivity contribution in [2.45, 2.75) is 25.9 Å². The Bertz CT molecular complexity index is 143. The Morgan fingerprint density at radius 2 is 2.38 bits per heavy atom. The van der Waals surface area contributed by atoms with Crippen LogP contribution >= 0.6 is 11.6 Å². The van der Waals surface area contributed by atoms with E-state index in [1.54, 1.807) is 7.11 Å². The van der Waals surface area contributed by atoms with Crippen molar-refractivity contribution >= 4 is 11.6 Å². The number of rotatable bonds is 5. The molecule has 0 aromatic rings. The van der Waals surface area contributed by atoms with Crippen LogP contribution in [0.1, 0.15) is 19.8 Å². The van der Waals surface area contributed by atoms with Crippen molar-refractivity contribution in [1.29, 1.82) is 0 Å². The second-order valence-corrected chi connectivity index (χ2v) is 4.32. The van der Waals surface area contributed by atoms with Crippen LogP contribution in [-0.4, -0.2) is 43.6 Å². The third kappa shape index (κ3) is 3.84. The molecule has 1 heterocycles. The van der Waals surface area contributed by atoms with E-state index in [4.69, 9.17) is 16.3 Å². The number of alkyl halides is 1. The fraction of sp³-hybridized carbons (Fsp3) is 1.00. The standard InChI is InChI=1S/C10H20ClNO/c1-9(13-2)7-12-6-4-10(8-12)3-5-11/h9-10H,3-8H2,1-2H3. The summed E-state index contributed by atoms with van der Waals surface area (Å²) >= 11 is 5.72. The Labute approximate surface area is 86.2 Å². The molecular weight excluding hydrogens is 186 g/mol. The smallest absolute Gasteiger partial charge is 0.0670 e. The van der Waals surface area contributed by atoms with Gasteiger partial charge in [0, 0.05) is 26.1 Å². The number of likely N-dealkylation sites (tertiary alicyclic amines) is 1. The molecule has 1 rings (SSSR count). The summed E-state index contributed by atoms with van der Waals surface area (Å²) in [5.41, 5.74) is 0. The van der Waals surface area contributed by atoms with Gasteiger partial charge in [-0.2, -0.15) is 0 Å². The molecule has 0 radical (unpaired) electrons. The Morgan fingerprint density at radius 1 is 1.62 bits per heavy atom. The highest BCUT2D eigenvalue weighted by Crippen LogP contribution is 2.20. The summed E-state index contributed by atoms with van der Waals surface area (Å²) in [6.45, 7) is 5.61. The highest BCUT2D eigenvalue weighted by molar-refractivity contribution is 6.17. The fourth-order valence-corrected chi connectivity index (χ4v) is 2.22. The van der Waals surface area contributed by atoms with Gasteiger partial charge in [-0.15, -0.1) is 11.6 Å². The summed E-state index contributed by atoms with van der Waals surface area (Å²) in [6.07, 6.45) is 2.83. The number of hydrogen-bond donors (Lipinski definition) is 0. The van der Waals surface area contributed by atoms with Crippen molar-refractivity contribution in [3.63, 3.8) is 0 Å². The summed E-state index contributed by atoms with van der Waals surface area (Å²) in [4.78, 5) is 2.48. The average molecular weight is 206 g/mol. The third-order valence-electron chi connectivity index (χ3n) is 2.81. The minimum atomic E-state index is 0.356. The minimum absolute atomic E-state index is 0.356. The second-order valence-electron chi connectivity index (χ2n) is 3.94. The molecule has 2 unspecified atom stereocenters. The van der Waals surface area contributed by atoms with E-state index in [1.807, 2.05) is 0 Å². The molecule has 2 atom stereocenters. The van der Waals surface area contributed by atoms with Crippen LogP contribution in [0.15, 0.2) is 0 Å². The lowest BCUT2D eigenvalue weighted by molar-refractivity contribution is 0.0839. The molecule has 13 heavy (non-hydrogen) atoms. The summed E-state index contributed by atoms with van der Waals surface area (Å²) in [5.74, 6) is 1.62. The van der Waals surface area contributed by atoms with Crippen molar-refractivity contribution < 1.29 is 4.74 Å². The van der Waals surface area contributed by atoms with Crippen LogP contribution in [0, 0.1) is 5.92 Å². The molecule has 1 aliphatic rings. The Hall–Kier alpha value is 0.210. The van der Waals surface area contributed by atoms with Gasteiger partial charge in [0.1, 0.15) is 0 Å². The summed E-state index contributed by atoms with van der Waals surface area (Å²) < 4.78 is 5.24. The van der Waals surface area contributed by atoms with Gasteiger partial charge in [0.05, 0.1) is 6.10 Å². The van der Waals surface area contributed by atoms with Gasteiger partial charge in [-0.05, 0) is 32.2 Å². The van der Waals surface area contributed by atoms with E-state index in [2.05, 4.69) is 11.8 Å². The topological polar surface area (TPSA) is 12.5 Å². The Balaban J connectivity index is 2.17. The van der Waals surface area contributed by atoms with Crippen LogP contribution in [-0.2, 0) is 4.74 Å². The van der Waals surface area contributed by atoms with Crippen LogP contribution in [0.5, 0.6) is 0 Å². The van der Waals surface area contributed by atoms with Gasteiger partial charge in [0.25, 0.3) is 0 Å². The normalized spacial score (nSPS) is 26.5. The molecule has 3 heteroatoms. The SMILES string of the molecule is COC(C)CN1CCC(CCCl)C1. The summed E-state index contributed by atoms with van der Waals surface area (Å²) in [5, 5.41) is 0. The van der Waals surface area contributed by atoms with Crippen LogP contribution in [0.4, 0.5) is 0 Å². The van der Waals surface area contributed by atoms with Gasteiger partial charge >= 0.3 is 0 Å². The first-order chi connectivity index (χ1) is 6.26. The number of hydrogen-bond acceptors (Lipinski definition) is 2. The van der Waals surface area contributed by atoms with E-state index < -0.39 is 0 Å². The number of methoxy groups -OCH3 is 1. The van der Waals surface area contributed by atoms with Gasteiger partial charge in [-0.1, -0.05) is 0 Å². The van der Waals surface area contributed by atoms with Crippen LogP contribution in [0.3, 0.4) is 0 Å². The van der Waals surface area contributed by atoms with Gasteiger partial charge in [0.15, 0.2) is 0 Å². The third-order valence-corrected chi connectivity index (χ3v) is 3.02. The van der Waals surface area contributed by atoms with Crippen molar-refractivity contribution in [3.8, 4) is 0 Å². The van der Waals surface area contributed by atoms with E-state index in [-0.39, 0.29) is 0 Å². The molecule has 1 saturated heterocycles. The highest BCUT2D eigenvalue weighted by Gasteiger charge is 2.22. The Kier molecular flexibility index (Phi) is 5.07. The molecule has 0 aliphatic carbocycles. The summed E-state index contributed by atoms with van der Waals surface area (Å²) in [6, 6.07) is 0. The maximum Gasteiger partial charge on any atom is 0.0670 e. The number of halogens is 1. The van der Waals surface area contributed by atoms with Crippen molar-refractivity contribution in [3.05, 3.63) is 0 Å². The average Bonchev–Trinajstić information content (AvgIpc) is 2.53. The van der Waals surface area contributed by atoms with Crippen molar-refractivity contribution in [1.82, 2.24) is 4.90 Å². The largest absolute Gasteiger partial charge is 0.380 e. The lowest BCUT2D eigenvalue weighted by atomic mass is 10.1. The van der Waals surface area contributed by atoms with Crippen LogP contribution in [0.2, 0.25) is 0 Å². The first-order valence-electron chi connectivity index (χ1n) is 5.07. The zero-order valence-electron chi connectivity index (χ0n) is 8.63. The number of ether oxygens (including phenoxy) is 1. The highest BCUT2D eigenvalue weighted by atomic mass is 35.5. The first-order valence-corrected chi connectivity index (χ1v) is 5.60. The second kappa shape index (κ2) is 5.84. The molecule has 0 N–H and O–H groups in total. The van der Waals surface area contributed by atoms with Crippen LogP contribution in [0.25, 0.3) is 0 Å². The van der Waals surface area contributed by atoms with E-state index in [0.29, 0.717) is 6.10 Å². The van der Waals surface area contributed by atoms with E-state index in [9.17, 15) is 0 Å². The fourth-order valence-electron chi connectivity index (χ4n) is 1.91. The molecule has 0 aromatic heterocycles. The molecule has 1 aliphatic heterocycles. The molecule has 0 spiro atoms. The van der Waals surface area contributed by atoms with Crippen molar-refractivity contribution in [2.24, 2.45) is 5.92 Å². The monoisotopic (exact) mass is 205 g/mol. The van der Waals surface area contributed by atoms with Crippen LogP contribution < -0.4 is 0 Å². The maximum atomic E-state index is 5.72. The van der Waals surface area contributed by atoms with Gasteiger partial charge in [0.2, 0.25) is 0 Å². The molecular formula is C10H20ClNO. The lowest BCUT2D eigenvalue weighted by Crippen LogP contribution is -2.30. The maximum absolute atomic E-state index is 5.72. The first kappa shape index (κ1) is 11.3. The van der Waals surface area contributed by atoms with Crippen molar-refractivity contribution in [2.75, 3.05) is 32.6 Å². The zero-order valence-corrected chi connectivity index (χ0v) is 9.39.